The summed E-state index contributed by atoms with van der Waals surface area (Å²) in [5.74, 6) is 1.38. The van der Waals surface area contributed by atoms with Crippen molar-refractivity contribution < 1.29 is 9.53 Å². The molecule has 0 radical (unpaired) electrons. The zero-order valence-corrected chi connectivity index (χ0v) is 17.0. The van der Waals surface area contributed by atoms with Gasteiger partial charge in [0.15, 0.2) is 0 Å². The van der Waals surface area contributed by atoms with Gasteiger partial charge in [0.05, 0.1) is 23.7 Å². The number of carbonyl (C=O) groups is 1. The Hall–Kier alpha value is -3.22. The minimum absolute atomic E-state index is 0.0282. The molecule has 150 valence electrons. The summed E-state index contributed by atoms with van der Waals surface area (Å²) in [6.45, 7) is 5.30. The van der Waals surface area contributed by atoms with Crippen LogP contribution < -0.4 is 4.74 Å². The van der Waals surface area contributed by atoms with Gasteiger partial charge in [-0.3, -0.25) is 14.5 Å². The number of aryl methyl sites for hydroxylation is 2. The number of hydrogen-bond donors (Lipinski definition) is 0. The minimum atomic E-state index is 0.0282. The summed E-state index contributed by atoms with van der Waals surface area (Å²) in [4.78, 5) is 23.8. The molecule has 1 saturated heterocycles. The number of hydrogen-bond acceptors (Lipinski definition) is 5. The van der Waals surface area contributed by atoms with Crippen LogP contribution in [0.25, 0.3) is 0 Å². The summed E-state index contributed by atoms with van der Waals surface area (Å²) in [5.41, 5.74) is 3.52. The van der Waals surface area contributed by atoms with Crippen molar-refractivity contribution in [2.75, 3.05) is 13.1 Å². The normalized spacial score (nSPS) is 16.7. The zero-order chi connectivity index (χ0) is 20.4. The number of piperidine rings is 1. The number of aromatic nitrogens is 4. The molecule has 4 rings (SSSR count). The Morgan fingerprint density at radius 2 is 2.07 bits per heavy atom. The third-order valence-corrected chi connectivity index (χ3v) is 5.44. The van der Waals surface area contributed by atoms with Gasteiger partial charge < -0.3 is 9.64 Å². The van der Waals surface area contributed by atoms with E-state index < -0.39 is 0 Å². The molecule has 1 aliphatic rings. The second-order valence-corrected chi connectivity index (χ2v) is 7.56. The first-order valence-corrected chi connectivity index (χ1v) is 9.85. The van der Waals surface area contributed by atoms with Gasteiger partial charge in [0, 0.05) is 37.9 Å². The molecule has 3 heterocycles. The van der Waals surface area contributed by atoms with Crippen molar-refractivity contribution in [1.29, 1.82) is 0 Å². The van der Waals surface area contributed by atoms with Crippen LogP contribution in [0.4, 0.5) is 0 Å². The van der Waals surface area contributed by atoms with Gasteiger partial charge in [-0.2, -0.15) is 5.10 Å². The van der Waals surface area contributed by atoms with Crippen LogP contribution in [0.3, 0.4) is 0 Å². The number of nitrogens with zero attached hydrogens (tertiary/aromatic N) is 5. The fourth-order valence-corrected chi connectivity index (χ4v) is 3.69. The molecule has 1 atom stereocenters. The van der Waals surface area contributed by atoms with Gasteiger partial charge in [-0.15, -0.1) is 0 Å². The Morgan fingerprint density at radius 3 is 2.83 bits per heavy atom. The van der Waals surface area contributed by atoms with E-state index in [0.717, 1.165) is 42.1 Å². The highest BCUT2D eigenvalue weighted by Gasteiger charge is 2.28. The van der Waals surface area contributed by atoms with Crippen LogP contribution in [0, 0.1) is 13.8 Å². The quantitative estimate of drug-likeness (QED) is 0.679. The van der Waals surface area contributed by atoms with Crippen LogP contribution in [0.15, 0.2) is 42.9 Å². The lowest BCUT2D eigenvalue weighted by atomic mass is 9.94. The molecule has 0 N–H and O–H groups in total. The van der Waals surface area contributed by atoms with Crippen molar-refractivity contribution in [2.45, 2.75) is 32.6 Å². The Kier molecular flexibility index (Phi) is 5.29. The molecule has 29 heavy (non-hydrogen) atoms. The summed E-state index contributed by atoms with van der Waals surface area (Å²) in [6, 6.07) is 7.84. The van der Waals surface area contributed by atoms with Crippen molar-refractivity contribution in [2.24, 2.45) is 7.05 Å². The second kappa shape index (κ2) is 8.03. The maximum Gasteiger partial charge on any atom is 0.257 e. The number of ether oxygens (including phenoxy) is 1. The highest BCUT2D eigenvalue weighted by molar-refractivity contribution is 5.95. The first-order chi connectivity index (χ1) is 14.0. The number of carbonyl (C=O) groups excluding carboxylic acids is 1. The van der Waals surface area contributed by atoms with Crippen LogP contribution >= 0.6 is 0 Å². The van der Waals surface area contributed by atoms with Crippen LogP contribution in [-0.2, 0) is 7.05 Å². The number of rotatable bonds is 4. The molecule has 7 nitrogen and oxygen atoms in total. The van der Waals surface area contributed by atoms with E-state index >= 15 is 0 Å². The van der Waals surface area contributed by atoms with Crippen LogP contribution in [0.5, 0.6) is 11.6 Å². The van der Waals surface area contributed by atoms with E-state index in [0.29, 0.717) is 18.0 Å². The topological polar surface area (TPSA) is 73.1 Å². The minimum Gasteiger partial charge on any atom is -0.437 e. The smallest absolute Gasteiger partial charge is 0.257 e. The number of benzene rings is 1. The lowest BCUT2D eigenvalue weighted by molar-refractivity contribution is 0.0705. The molecular weight excluding hydrogens is 366 g/mol. The standard InChI is InChI=1S/C22H25N5O2/c1-15-6-4-8-18(10-15)29-21-13-23-12-20(25-21)17-7-5-9-27(14-17)22(28)19-11-24-26(3)16(19)2/h4,6,8,10-13,17H,5,7,9,14H2,1-3H3/t17-/m1/s1. The van der Waals surface area contributed by atoms with E-state index in [1.165, 1.54) is 0 Å². The number of amides is 1. The third-order valence-electron chi connectivity index (χ3n) is 5.44. The van der Waals surface area contributed by atoms with E-state index in [-0.39, 0.29) is 11.8 Å². The van der Waals surface area contributed by atoms with Gasteiger partial charge >= 0.3 is 0 Å². The van der Waals surface area contributed by atoms with E-state index in [1.807, 2.05) is 50.1 Å². The fourth-order valence-electron chi connectivity index (χ4n) is 3.69. The van der Waals surface area contributed by atoms with E-state index in [2.05, 4.69) is 15.1 Å². The van der Waals surface area contributed by atoms with Gasteiger partial charge in [-0.25, -0.2) is 4.98 Å². The maximum absolute atomic E-state index is 13.0. The van der Waals surface area contributed by atoms with Gasteiger partial charge in [-0.05, 0) is 44.4 Å². The van der Waals surface area contributed by atoms with Crippen molar-refractivity contribution >= 4 is 5.91 Å². The molecule has 0 aliphatic carbocycles. The molecule has 3 aromatic rings. The van der Waals surface area contributed by atoms with Crippen molar-refractivity contribution in [1.82, 2.24) is 24.6 Å². The third kappa shape index (κ3) is 4.13. The van der Waals surface area contributed by atoms with Gasteiger partial charge in [0.2, 0.25) is 5.88 Å². The van der Waals surface area contributed by atoms with Gasteiger partial charge in [-0.1, -0.05) is 12.1 Å². The van der Waals surface area contributed by atoms with E-state index in [9.17, 15) is 4.79 Å². The lowest BCUT2D eigenvalue weighted by Crippen LogP contribution is -2.39. The van der Waals surface area contributed by atoms with Crippen molar-refractivity contribution in [3.63, 3.8) is 0 Å². The highest BCUT2D eigenvalue weighted by atomic mass is 16.5. The molecule has 0 bridgehead atoms. The highest BCUT2D eigenvalue weighted by Crippen LogP contribution is 2.28. The predicted molar refractivity (Wildman–Crippen MR) is 109 cm³/mol. The molecule has 1 aliphatic heterocycles. The molecule has 0 unspecified atom stereocenters. The fraction of sp³-hybridized carbons (Fsp3) is 0.364. The molecule has 7 heteroatoms. The van der Waals surface area contributed by atoms with Crippen LogP contribution in [0.2, 0.25) is 0 Å². The molecule has 0 saturated carbocycles. The summed E-state index contributed by atoms with van der Waals surface area (Å²) in [5, 5.41) is 4.20. The second-order valence-electron chi connectivity index (χ2n) is 7.56. The van der Waals surface area contributed by atoms with Crippen molar-refractivity contribution in [3.05, 3.63) is 65.4 Å². The SMILES string of the molecule is Cc1cccc(Oc2cncc([C@@H]3CCCN(C(=O)c4cnn(C)c4C)C3)n2)c1. The lowest BCUT2D eigenvalue weighted by Gasteiger charge is -2.32. The predicted octanol–water partition coefficient (Wildman–Crippen LogP) is 3.64. The Morgan fingerprint density at radius 1 is 1.21 bits per heavy atom. The summed E-state index contributed by atoms with van der Waals surface area (Å²) >= 11 is 0. The van der Waals surface area contributed by atoms with Gasteiger partial charge in [0.25, 0.3) is 5.91 Å². The van der Waals surface area contributed by atoms with E-state index in [1.54, 1.807) is 23.3 Å². The molecule has 1 fully saturated rings. The summed E-state index contributed by atoms with van der Waals surface area (Å²) in [6.07, 6.45) is 6.95. The molecule has 0 spiro atoms. The molecule has 2 aromatic heterocycles. The average Bonchev–Trinajstić information content (AvgIpc) is 3.06. The molecular formula is C22H25N5O2. The summed E-state index contributed by atoms with van der Waals surface area (Å²) in [7, 11) is 1.85. The Labute approximate surface area is 170 Å². The molecule has 1 aromatic carbocycles. The summed E-state index contributed by atoms with van der Waals surface area (Å²) < 4.78 is 7.62. The largest absolute Gasteiger partial charge is 0.437 e. The van der Waals surface area contributed by atoms with Crippen LogP contribution in [0.1, 0.15) is 46.1 Å². The monoisotopic (exact) mass is 391 g/mol. The number of likely N-dealkylation sites (tertiary alicyclic amines) is 1. The first kappa shape index (κ1) is 19.1. The molecule has 1 amide bonds. The Balaban J connectivity index is 1.49. The van der Waals surface area contributed by atoms with Crippen molar-refractivity contribution in [3.8, 4) is 11.6 Å². The van der Waals surface area contributed by atoms with E-state index in [4.69, 9.17) is 4.74 Å². The zero-order valence-electron chi connectivity index (χ0n) is 17.0. The Bertz CT molecular complexity index is 1030. The first-order valence-electron chi connectivity index (χ1n) is 9.85. The van der Waals surface area contributed by atoms with Gasteiger partial charge in [0.1, 0.15) is 5.75 Å². The average molecular weight is 391 g/mol. The van der Waals surface area contributed by atoms with Crippen LogP contribution in [-0.4, -0.2) is 43.6 Å². The maximum atomic E-state index is 13.0.